The van der Waals surface area contributed by atoms with Crippen LogP contribution in [0.2, 0.25) is 0 Å². The second-order valence-electron chi connectivity index (χ2n) is 5.51. The number of anilines is 1. The second-order valence-corrected chi connectivity index (χ2v) is 5.51. The lowest BCUT2D eigenvalue weighted by Gasteiger charge is -2.40. The maximum atomic E-state index is 12.4. The van der Waals surface area contributed by atoms with Crippen LogP contribution in [-0.4, -0.2) is 51.1 Å². The van der Waals surface area contributed by atoms with Gasteiger partial charge in [-0.05, 0) is 19.1 Å². The Hall–Kier alpha value is -2.90. The van der Waals surface area contributed by atoms with Crippen molar-refractivity contribution in [1.82, 2.24) is 14.5 Å². The molecule has 1 fully saturated rings. The molecule has 1 aromatic carbocycles. The van der Waals surface area contributed by atoms with Crippen LogP contribution >= 0.6 is 0 Å². The number of carbonyl (C=O) groups is 1. The zero-order valence-corrected chi connectivity index (χ0v) is 12.7. The smallest absolute Gasteiger partial charge is 0.329 e. The molecule has 1 atom stereocenters. The molecule has 1 aromatic heterocycles. The Morgan fingerprint density at radius 1 is 1.30 bits per heavy atom. The molecule has 1 saturated heterocycles. The van der Waals surface area contributed by atoms with Crippen LogP contribution < -0.4 is 4.90 Å². The quantitative estimate of drug-likeness (QED) is 0.625. The number of hydrogen-bond acceptors (Lipinski definition) is 5. The van der Waals surface area contributed by atoms with Crippen molar-refractivity contribution < 1.29 is 9.72 Å². The van der Waals surface area contributed by atoms with E-state index in [1.165, 1.54) is 23.0 Å². The highest BCUT2D eigenvalue weighted by Gasteiger charge is 2.28. The average Bonchev–Trinajstić information content (AvgIpc) is 3.08. The van der Waals surface area contributed by atoms with Gasteiger partial charge in [0.1, 0.15) is 6.33 Å². The largest absolute Gasteiger partial charge is 0.368 e. The Balaban J connectivity index is 1.68. The molecule has 0 aliphatic carbocycles. The Morgan fingerprint density at radius 3 is 2.61 bits per heavy atom. The molecule has 2 aromatic rings. The third kappa shape index (κ3) is 3.01. The van der Waals surface area contributed by atoms with Crippen molar-refractivity contribution >= 4 is 17.4 Å². The van der Waals surface area contributed by atoms with Crippen molar-refractivity contribution in [3.8, 4) is 0 Å². The van der Waals surface area contributed by atoms with Gasteiger partial charge in [0.2, 0.25) is 0 Å². The van der Waals surface area contributed by atoms with Crippen molar-refractivity contribution in [2.45, 2.75) is 13.0 Å². The first-order valence-electron chi connectivity index (χ1n) is 7.34. The van der Waals surface area contributed by atoms with Gasteiger partial charge in [-0.1, -0.05) is 0 Å². The van der Waals surface area contributed by atoms with Crippen LogP contribution in [0.15, 0.2) is 43.0 Å². The molecule has 2 heterocycles. The van der Waals surface area contributed by atoms with Crippen molar-refractivity contribution in [3.05, 3.63) is 53.1 Å². The molecule has 0 saturated carbocycles. The van der Waals surface area contributed by atoms with E-state index >= 15 is 0 Å². The lowest BCUT2D eigenvalue weighted by Crippen LogP contribution is -2.55. The number of piperazine rings is 1. The number of aromatic nitrogens is 2. The second kappa shape index (κ2) is 6.07. The number of non-ortho nitro benzene ring substituents is 1. The lowest BCUT2D eigenvalue weighted by atomic mass is 10.1. The predicted molar refractivity (Wildman–Crippen MR) is 84.5 cm³/mol. The number of carbonyl (C=O) groups excluding carboxylic acids is 1. The number of hydrogen-bond donors (Lipinski definition) is 0. The summed E-state index contributed by atoms with van der Waals surface area (Å²) in [6, 6.07) is 6.45. The molecule has 3 rings (SSSR count). The Bertz CT molecular complexity index is 698. The van der Waals surface area contributed by atoms with E-state index in [4.69, 9.17) is 0 Å². The zero-order valence-electron chi connectivity index (χ0n) is 12.7. The van der Waals surface area contributed by atoms with Gasteiger partial charge in [0, 0.05) is 55.9 Å². The topological polar surface area (TPSA) is 84.5 Å². The van der Waals surface area contributed by atoms with Crippen LogP contribution in [0.1, 0.15) is 6.92 Å². The van der Waals surface area contributed by atoms with Crippen LogP contribution in [0, 0.1) is 10.1 Å². The first kappa shape index (κ1) is 15.0. The number of imidazole rings is 1. The number of amides is 1. The van der Waals surface area contributed by atoms with Crippen molar-refractivity contribution in [2.24, 2.45) is 0 Å². The fraction of sp³-hybridized carbons (Fsp3) is 0.333. The highest BCUT2D eigenvalue weighted by molar-refractivity contribution is 5.77. The van der Waals surface area contributed by atoms with Crippen LogP contribution in [0.3, 0.4) is 0 Å². The van der Waals surface area contributed by atoms with Gasteiger partial charge < -0.3 is 9.80 Å². The maximum absolute atomic E-state index is 12.4. The molecule has 0 bridgehead atoms. The first-order valence-corrected chi connectivity index (χ1v) is 7.34. The minimum absolute atomic E-state index is 0.0360. The summed E-state index contributed by atoms with van der Waals surface area (Å²) < 4.78 is 1.47. The Labute approximate surface area is 133 Å². The monoisotopic (exact) mass is 315 g/mol. The van der Waals surface area contributed by atoms with Gasteiger partial charge in [0.05, 0.1) is 4.92 Å². The number of benzene rings is 1. The SMILES string of the molecule is C[C@H]1CN(c2ccc([N+](=O)[O-])cc2)CCN1C(=O)n1ccnc1. The van der Waals surface area contributed by atoms with Crippen LogP contribution in [-0.2, 0) is 0 Å². The number of rotatable bonds is 2. The van der Waals surface area contributed by atoms with Crippen molar-refractivity contribution in [1.29, 1.82) is 0 Å². The minimum Gasteiger partial charge on any atom is -0.368 e. The van der Waals surface area contributed by atoms with Crippen LogP contribution in [0.25, 0.3) is 0 Å². The molecule has 8 nitrogen and oxygen atoms in total. The summed E-state index contributed by atoms with van der Waals surface area (Å²) >= 11 is 0. The third-order valence-corrected chi connectivity index (χ3v) is 4.02. The Kier molecular flexibility index (Phi) is 3.96. The molecule has 0 unspecified atom stereocenters. The fourth-order valence-electron chi connectivity index (χ4n) is 2.78. The zero-order chi connectivity index (χ0) is 16.4. The molecule has 1 aliphatic heterocycles. The number of nitro benzene ring substituents is 1. The van der Waals surface area contributed by atoms with E-state index < -0.39 is 4.92 Å². The van der Waals surface area contributed by atoms with E-state index in [9.17, 15) is 14.9 Å². The molecular weight excluding hydrogens is 298 g/mol. The van der Waals surface area contributed by atoms with E-state index in [2.05, 4.69) is 9.88 Å². The van der Waals surface area contributed by atoms with E-state index in [1.54, 1.807) is 24.5 Å². The summed E-state index contributed by atoms with van der Waals surface area (Å²) in [5.74, 6) is 0. The number of nitro groups is 1. The van der Waals surface area contributed by atoms with E-state index in [1.807, 2.05) is 11.8 Å². The van der Waals surface area contributed by atoms with Gasteiger partial charge >= 0.3 is 6.03 Å². The average molecular weight is 315 g/mol. The van der Waals surface area contributed by atoms with E-state index in [0.29, 0.717) is 19.6 Å². The summed E-state index contributed by atoms with van der Waals surface area (Å²) in [6.07, 6.45) is 4.71. The van der Waals surface area contributed by atoms with Crippen molar-refractivity contribution in [2.75, 3.05) is 24.5 Å². The van der Waals surface area contributed by atoms with Crippen molar-refractivity contribution in [3.63, 3.8) is 0 Å². The molecule has 1 aliphatic rings. The van der Waals surface area contributed by atoms with Gasteiger partial charge in [-0.15, -0.1) is 0 Å². The van der Waals surface area contributed by atoms with Gasteiger partial charge in [-0.25, -0.2) is 9.78 Å². The summed E-state index contributed by atoms with van der Waals surface area (Å²) in [7, 11) is 0. The van der Waals surface area contributed by atoms with Gasteiger partial charge in [0.25, 0.3) is 5.69 Å². The molecule has 120 valence electrons. The fourth-order valence-corrected chi connectivity index (χ4v) is 2.78. The molecule has 0 radical (unpaired) electrons. The lowest BCUT2D eigenvalue weighted by molar-refractivity contribution is -0.384. The maximum Gasteiger partial charge on any atom is 0.329 e. The molecule has 0 spiro atoms. The predicted octanol–water partition coefficient (Wildman–Crippen LogP) is 1.97. The van der Waals surface area contributed by atoms with Gasteiger partial charge in [-0.3, -0.25) is 14.7 Å². The normalized spacial score (nSPS) is 18.0. The first-order chi connectivity index (χ1) is 11.1. The number of nitrogens with zero attached hydrogens (tertiary/aromatic N) is 5. The summed E-state index contributed by atoms with van der Waals surface area (Å²) in [6.45, 7) is 3.95. The molecule has 0 N–H and O–H groups in total. The molecular formula is C15H17N5O3. The Morgan fingerprint density at radius 2 is 2.04 bits per heavy atom. The summed E-state index contributed by atoms with van der Waals surface area (Å²) in [5.41, 5.74) is 1.01. The third-order valence-electron chi connectivity index (χ3n) is 4.02. The van der Waals surface area contributed by atoms with E-state index in [0.717, 1.165) is 5.69 Å². The summed E-state index contributed by atoms with van der Waals surface area (Å²) in [4.78, 5) is 30.5. The highest BCUT2D eigenvalue weighted by Crippen LogP contribution is 2.22. The molecule has 8 heteroatoms. The highest BCUT2D eigenvalue weighted by atomic mass is 16.6. The van der Waals surface area contributed by atoms with Crippen LogP contribution in [0.4, 0.5) is 16.2 Å². The minimum atomic E-state index is -0.409. The summed E-state index contributed by atoms with van der Waals surface area (Å²) in [5, 5.41) is 10.7. The van der Waals surface area contributed by atoms with Gasteiger partial charge in [-0.2, -0.15) is 0 Å². The van der Waals surface area contributed by atoms with E-state index in [-0.39, 0.29) is 17.8 Å². The molecule has 23 heavy (non-hydrogen) atoms. The van der Waals surface area contributed by atoms with Crippen LogP contribution in [0.5, 0.6) is 0 Å². The standard InChI is InChI=1S/C15H17N5O3/c1-12-10-17(13-2-4-14(5-3-13)20(22)23)8-9-19(12)15(21)18-7-6-16-11-18/h2-7,11-12H,8-10H2,1H3/t12-/m0/s1. The van der Waals surface area contributed by atoms with Gasteiger partial charge in [0.15, 0.2) is 0 Å². The molecule has 1 amide bonds.